The minimum atomic E-state index is -0.986. The molecule has 0 saturated heterocycles. The minimum absolute atomic E-state index is 0.0435. The van der Waals surface area contributed by atoms with Gasteiger partial charge in [-0.1, -0.05) is 31.2 Å². The van der Waals surface area contributed by atoms with Crippen LogP contribution < -0.4 is 10.6 Å². The van der Waals surface area contributed by atoms with Crippen LogP contribution in [0.3, 0.4) is 0 Å². The van der Waals surface area contributed by atoms with Crippen molar-refractivity contribution in [3.8, 4) is 0 Å². The number of benzene rings is 2. The standard InChI is InChI=1S/C22H24N2O5/c1-2-15-3-5-16(6-4-15)19(25)11-12-20(26)24-18-9-7-17(8-10-18)22(29)23-14-13-21(27)28/h3-10H,2,11-14H2,1H3,(H,23,29)(H,24,26)(H,27,28). The predicted molar refractivity (Wildman–Crippen MR) is 109 cm³/mol. The summed E-state index contributed by atoms with van der Waals surface area (Å²) in [6, 6.07) is 13.6. The van der Waals surface area contributed by atoms with Gasteiger partial charge in [0.05, 0.1) is 6.42 Å². The van der Waals surface area contributed by atoms with Crippen LogP contribution in [0.4, 0.5) is 5.69 Å². The number of carboxylic acid groups (broad SMARTS) is 1. The molecule has 0 aliphatic heterocycles. The van der Waals surface area contributed by atoms with Crippen LogP contribution in [0.5, 0.6) is 0 Å². The third-order valence-electron chi connectivity index (χ3n) is 4.32. The molecule has 0 aliphatic carbocycles. The molecule has 7 heteroatoms. The van der Waals surface area contributed by atoms with Crippen molar-refractivity contribution in [3.05, 3.63) is 65.2 Å². The Kier molecular flexibility index (Phi) is 8.09. The highest BCUT2D eigenvalue weighted by Crippen LogP contribution is 2.12. The zero-order chi connectivity index (χ0) is 21.2. The first kappa shape index (κ1) is 21.8. The molecular formula is C22H24N2O5. The van der Waals surface area contributed by atoms with Gasteiger partial charge in [0.15, 0.2) is 5.78 Å². The molecule has 0 saturated carbocycles. The number of carbonyl (C=O) groups excluding carboxylic acids is 3. The van der Waals surface area contributed by atoms with Gasteiger partial charge in [-0.2, -0.15) is 0 Å². The number of amides is 2. The monoisotopic (exact) mass is 396 g/mol. The molecule has 0 unspecified atom stereocenters. The molecule has 2 amide bonds. The Labute approximate surface area is 169 Å². The van der Waals surface area contributed by atoms with E-state index < -0.39 is 5.97 Å². The van der Waals surface area contributed by atoms with Crippen LogP contribution in [0, 0.1) is 0 Å². The van der Waals surface area contributed by atoms with E-state index in [1.165, 1.54) is 12.1 Å². The van der Waals surface area contributed by atoms with E-state index >= 15 is 0 Å². The first-order chi connectivity index (χ1) is 13.9. The first-order valence-electron chi connectivity index (χ1n) is 9.41. The molecular weight excluding hydrogens is 372 g/mol. The van der Waals surface area contributed by atoms with E-state index in [2.05, 4.69) is 10.6 Å². The molecule has 0 bridgehead atoms. The second-order valence-electron chi connectivity index (χ2n) is 6.50. The lowest BCUT2D eigenvalue weighted by atomic mass is 10.0. The van der Waals surface area contributed by atoms with Gasteiger partial charge < -0.3 is 15.7 Å². The molecule has 7 nitrogen and oxygen atoms in total. The molecule has 2 aromatic rings. The molecule has 0 fully saturated rings. The minimum Gasteiger partial charge on any atom is -0.481 e. The third-order valence-corrected chi connectivity index (χ3v) is 4.32. The summed E-state index contributed by atoms with van der Waals surface area (Å²) in [4.78, 5) is 46.6. The second-order valence-corrected chi connectivity index (χ2v) is 6.50. The molecule has 29 heavy (non-hydrogen) atoms. The lowest BCUT2D eigenvalue weighted by molar-refractivity contribution is -0.136. The highest BCUT2D eigenvalue weighted by atomic mass is 16.4. The molecule has 0 radical (unpaired) electrons. The number of hydrogen-bond donors (Lipinski definition) is 3. The summed E-state index contributed by atoms with van der Waals surface area (Å²) in [5, 5.41) is 13.8. The van der Waals surface area contributed by atoms with Crippen molar-refractivity contribution in [1.29, 1.82) is 0 Å². The Morgan fingerprint density at radius 2 is 1.45 bits per heavy atom. The number of carbonyl (C=O) groups is 4. The molecule has 3 N–H and O–H groups in total. The van der Waals surface area contributed by atoms with Crippen LogP contribution in [-0.2, 0) is 16.0 Å². The van der Waals surface area contributed by atoms with Crippen LogP contribution in [0.15, 0.2) is 48.5 Å². The van der Waals surface area contributed by atoms with Gasteiger partial charge in [-0.05, 0) is 36.2 Å². The Hall–Kier alpha value is -3.48. The normalized spacial score (nSPS) is 10.2. The number of aliphatic carboxylic acids is 1. The SMILES string of the molecule is CCc1ccc(C(=O)CCC(=O)Nc2ccc(C(=O)NCCC(=O)O)cc2)cc1. The van der Waals surface area contributed by atoms with Crippen LogP contribution >= 0.6 is 0 Å². The maximum absolute atomic E-state index is 12.2. The van der Waals surface area contributed by atoms with E-state index in [9.17, 15) is 19.2 Å². The summed E-state index contributed by atoms with van der Waals surface area (Å²) in [7, 11) is 0. The Balaban J connectivity index is 1.80. The zero-order valence-electron chi connectivity index (χ0n) is 16.2. The number of carboxylic acids is 1. The van der Waals surface area contributed by atoms with Crippen molar-refractivity contribution in [2.45, 2.75) is 32.6 Å². The maximum atomic E-state index is 12.2. The summed E-state index contributed by atoms with van der Waals surface area (Å²) in [5.41, 5.74) is 2.61. The van der Waals surface area contributed by atoms with Gasteiger partial charge in [0, 0.05) is 36.2 Å². The van der Waals surface area contributed by atoms with Gasteiger partial charge in [-0.25, -0.2) is 0 Å². The quantitative estimate of drug-likeness (QED) is 0.534. The van der Waals surface area contributed by atoms with Gasteiger partial charge in [0.2, 0.25) is 5.91 Å². The van der Waals surface area contributed by atoms with Gasteiger partial charge in [0.1, 0.15) is 0 Å². The molecule has 0 aliphatic rings. The van der Waals surface area contributed by atoms with Gasteiger partial charge in [0.25, 0.3) is 5.91 Å². The summed E-state index contributed by atoms with van der Waals surface area (Å²) in [6.07, 6.45) is 0.925. The number of aryl methyl sites for hydroxylation is 1. The van der Waals surface area contributed by atoms with Gasteiger partial charge in [-0.3, -0.25) is 19.2 Å². The van der Waals surface area contributed by atoms with E-state index in [0.29, 0.717) is 16.8 Å². The summed E-state index contributed by atoms with van der Waals surface area (Å²) in [6.45, 7) is 2.08. The Morgan fingerprint density at radius 1 is 0.828 bits per heavy atom. The van der Waals surface area contributed by atoms with Crippen LogP contribution in [-0.4, -0.2) is 35.2 Å². The number of hydrogen-bond acceptors (Lipinski definition) is 4. The Morgan fingerprint density at radius 3 is 2.03 bits per heavy atom. The smallest absolute Gasteiger partial charge is 0.305 e. The van der Waals surface area contributed by atoms with Crippen LogP contribution in [0.1, 0.15) is 52.5 Å². The van der Waals surface area contributed by atoms with E-state index in [1.54, 1.807) is 24.3 Å². The Bertz CT molecular complexity index is 873. The summed E-state index contributed by atoms with van der Waals surface area (Å²) >= 11 is 0. The number of Topliss-reactive ketones (excluding diaryl/α,β-unsaturated/α-hetero) is 1. The van der Waals surface area contributed by atoms with E-state index in [4.69, 9.17) is 5.11 Å². The largest absolute Gasteiger partial charge is 0.481 e. The zero-order valence-corrected chi connectivity index (χ0v) is 16.2. The molecule has 0 aromatic heterocycles. The highest BCUT2D eigenvalue weighted by Gasteiger charge is 2.11. The average molecular weight is 396 g/mol. The maximum Gasteiger partial charge on any atom is 0.305 e. The molecule has 0 spiro atoms. The molecule has 0 heterocycles. The van der Waals surface area contributed by atoms with E-state index in [-0.39, 0.29) is 43.4 Å². The average Bonchev–Trinajstić information content (AvgIpc) is 2.72. The fraction of sp³-hybridized carbons (Fsp3) is 0.273. The van der Waals surface area contributed by atoms with Crippen LogP contribution in [0.2, 0.25) is 0 Å². The first-order valence-corrected chi connectivity index (χ1v) is 9.41. The summed E-state index contributed by atoms with van der Waals surface area (Å²) in [5.74, 6) is -1.75. The van der Waals surface area contributed by atoms with Crippen molar-refractivity contribution in [3.63, 3.8) is 0 Å². The molecule has 2 rings (SSSR count). The molecule has 152 valence electrons. The number of nitrogens with one attached hydrogen (secondary N) is 2. The van der Waals surface area contributed by atoms with Crippen molar-refractivity contribution in [1.82, 2.24) is 5.32 Å². The fourth-order valence-electron chi connectivity index (χ4n) is 2.61. The predicted octanol–water partition coefficient (Wildman–Crippen LogP) is 3.06. The van der Waals surface area contributed by atoms with Gasteiger partial charge >= 0.3 is 5.97 Å². The van der Waals surface area contributed by atoms with E-state index in [1.807, 2.05) is 19.1 Å². The van der Waals surface area contributed by atoms with Crippen molar-refractivity contribution in [2.24, 2.45) is 0 Å². The van der Waals surface area contributed by atoms with Gasteiger partial charge in [-0.15, -0.1) is 0 Å². The molecule has 0 atom stereocenters. The number of anilines is 1. The highest BCUT2D eigenvalue weighted by molar-refractivity contribution is 6.00. The van der Waals surface area contributed by atoms with Crippen LogP contribution in [0.25, 0.3) is 0 Å². The number of rotatable bonds is 10. The number of ketones is 1. The van der Waals surface area contributed by atoms with Crippen molar-refractivity contribution < 1.29 is 24.3 Å². The summed E-state index contributed by atoms with van der Waals surface area (Å²) < 4.78 is 0. The lowest BCUT2D eigenvalue weighted by Gasteiger charge is -2.07. The fourth-order valence-corrected chi connectivity index (χ4v) is 2.61. The second kappa shape index (κ2) is 10.8. The topological polar surface area (TPSA) is 113 Å². The van der Waals surface area contributed by atoms with Crippen molar-refractivity contribution in [2.75, 3.05) is 11.9 Å². The van der Waals surface area contributed by atoms with E-state index in [0.717, 1.165) is 12.0 Å². The third kappa shape index (κ3) is 7.21. The van der Waals surface area contributed by atoms with Crippen molar-refractivity contribution >= 4 is 29.3 Å². The molecule has 2 aromatic carbocycles. The lowest BCUT2D eigenvalue weighted by Crippen LogP contribution is -2.25.